The van der Waals surface area contributed by atoms with E-state index in [0.29, 0.717) is 12.1 Å². The van der Waals surface area contributed by atoms with Gasteiger partial charge in [0.15, 0.2) is 0 Å². The first kappa shape index (κ1) is 26.6. The monoisotopic (exact) mass is 488 g/mol. The van der Waals surface area contributed by atoms with Gasteiger partial charge in [0.05, 0.1) is 22.4 Å². The number of nitrogens with zero attached hydrogens (tertiary/aromatic N) is 3. The third-order valence-corrected chi connectivity index (χ3v) is 4.41. The van der Waals surface area contributed by atoms with Crippen molar-refractivity contribution < 1.29 is 35.5 Å². The molecule has 34 heavy (non-hydrogen) atoms. The van der Waals surface area contributed by atoms with Crippen molar-refractivity contribution in [1.29, 1.82) is 0 Å². The second-order valence-electron chi connectivity index (χ2n) is 7.27. The molecule has 0 bridgehead atoms. The van der Waals surface area contributed by atoms with Crippen molar-refractivity contribution in [3.63, 3.8) is 0 Å². The molecule has 0 aliphatic carbocycles. The summed E-state index contributed by atoms with van der Waals surface area (Å²) in [7, 11) is 0. The van der Waals surface area contributed by atoms with Crippen LogP contribution in [-0.2, 0) is 17.1 Å². The minimum atomic E-state index is -5.04. The van der Waals surface area contributed by atoms with E-state index in [1.165, 1.54) is 19.9 Å². The first-order valence-electron chi connectivity index (χ1n) is 9.56. The van der Waals surface area contributed by atoms with Crippen molar-refractivity contribution in [2.24, 2.45) is 16.8 Å². The minimum absolute atomic E-state index is 0.0132. The van der Waals surface area contributed by atoms with E-state index in [9.17, 15) is 35.5 Å². The lowest BCUT2D eigenvalue weighted by Crippen LogP contribution is -2.20. The largest absolute Gasteiger partial charge is 0.416 e. The smallest absolute Gasteiger partial charge is 0.366 e. The van der Waals surface area contributed by atoms with Crippen molar-refractivity contribution in [3.8, 4) is 0 Å². The van der Waals surface area contributed by atoms with E-state index in [2.05, 4.69) is 16.7 Å². The van der Waals surface area contributed by atoms with E-state index in [1.54, 1.807) is 0 Å². The molecule has 0 atom stereocenters. The number of nitrogens with two attached hydrogens (primary N) is 1. The van der Waals surface area contributed by atoms with E-state index in [-0.39, 0.29) is 22.9 Å². The first-order chi connectivity index (χ1) is 15.6. The van der Waals surface area contributed by atoms with Gasteiger partial charge >= 0.3 is 12.4 Å². The normalized spacial score (nSPS) is 13.2. The Labute approximate surface area is 190 Å². The molecule has 0 unspecified atom stereocenters. The maximum Gasteiger partial charge on any atom is 0.416 e. The number of benzene rings is 1. The van der Waals surface area contributed by atoms with Gasteiger partial charge in [0.2, 0.25) is 5.95 Å². The lowest BCUT2D eigenvalue weighted by Gasteiger charge is -2.19. The van der Waals surface area contributed by atoms with Crippen LogP contribution in [0.25, 0.3) is 5.57 Å². The molecule has 0 saturated carbocycles. The standard InChI is InChI=1S/C22H19F7N4O/c1-4-33(11-17(20(30)34)13-5-6-18(23)31-10-13)32-19(12(2)3)14-7-15(21(24,25)26)9-16(8-14)22(27,28)29/h4-12H,1H2,2-3H3,(H2,30,34)/b17-11-,32-19+. The van der Waals surface area contributed by atoms with Gasteiger partial charge in [-0.05, 0) is 41.8 Å². The Hall–Kier alpha value is -3.70. The van der Waals surface area contributed by atoms with Gasteiger partial charge < -0.3 is 5.73 Å². The fraction of sp³-hybridized carbons (Fsp3) is 0.227. The quantitative estimate of drug-likeness (QED) is 0.182. The summed E-state index contributed by atoms with van der Waals surface area (Å²) >= 11 is 0. The van der Waals surface area contributed by atoms with Crippen LogP contribution in [-0.4, -0.2) is 21.6 Å². The molecule has 1 amide bonds. The summed E-state index contributed by atoms with van der Waals surface area (Å²) in [6.07, 6.45) is -6.95. The number of pyridine rings is 1. The molecule has 2 rings (SSSR count). The molecule has 182 valence electrons. The molecule has 0 aliphatic rings. The Morgan fingerprint density at radius 2 is 1.62 bits per heavy atom. The fourth-order valence-electron chi connectivity index (χ4n) is 2.80. The molecule has 0 radical (unpaired) electrons. The number of carbonyl (C=O) groups excluding carboxylic acids is 1. The van der Waals surface area contributed by atoms with Crippen LogP contribution in [0.4, 0.5) is 30.7 Å². The number of rotatable bonds is 7. The number of halogens is 7. The Kier molecular flexibility index (Phi) is 7.86. The Balaban J connectivity index is 2.68. The maximum atomic E-state index is 13.3. The molecule has 1 aromatic carbocycles. The third kappa shape index (κ3) is 6.65. The van der Waals surface area contributed by atoms with E-state index in [0.717, 1.165) is 29.7 Å². The number of carbonyl (C=O) groups is 1. The third-order valence-electron chi connectivity index (χ3n) is 4.41. The van der Waals surface area contributed by atoms with Crippen LogP contribution in [0.5, 0.6) is 0 Å². The summed E-state index contributed by atoms with van der Waals surface area (Å²) in [5, 5.41) is 5.00. The molecule has 12 heteroatoms. The van der Waals surface area contributed by atoms with Crippen molar-refractivity contribution in [3.05, 3.63) is 83.7 Å². The summed E-state index contributed by atoms with van der Waals surface area (Å²) in [4.78, 5) is 15.3. The number of alkyl halides is 6. The zero-order valence-electron chi connectivity index (χ0n) is 17.9. The molecule has 0 fully saturated rings. The molecular formula is C22H19F7N4O. The zero-order valence-corrected chi connectivity index (χ0v) is 17.9. The highest BCUT2D eigenvalue weighted by atomic mass is 19.4. The van der Waals surface area contributed by atoms with Gasteiger partial charge in [-0.15, -0.1) is 0 Å². The molecule has 0 spiro atoms. The molecular weight excluding hydrogens is 469 g/mol. The Morgan fingerprint density at radius 3 is 2.00 bits per heavy atom. The average Bonchev–Trinajstić information content (AvgIpc) is 2.72. The van der Waals surface area contributed by atoms with Crippen molar-refractivity contribution in [2.75, 3.05) is 0 Å². The lowest BCUT2D eigenvalue weighted by atomic mass is 9.95. The minimum Gasteiger partial charge on any atom is -0.366 e. The van der Waals surface area contributed by atoms with E-state index < -0.39 is 46.8 Å². The molecule has 5 nitrogen and oxygen atoms in total. The van der Waals surface area contributed by atoms with Crippen LogP contribution in [0, 0.1) is 11.9 Å². The Morgan fingerprint density at radius 1 is 1.06 bits per heavy atom. The zero-order chi connectivity index (χ0) is 25.8. The topological polar surface area (TPSA) is 71.6 Å². The molecule has 2 N–H and O–H groups in total. The fourth-order valence-corrected chi connectivity index (χ4v) is 2.80. The van der Waals surface area contributed by atoms with Gasteiger partial charge in [-0.1, -0.05) is 20.4 Å². The number of primary amides is 1. The van der Waals surface area contributed by atoms with Crippen LogP contribution in [0.2, 0.25) is 0 Å². The summed E-state index contributed by atoms with van der Waals surface area (Å²) in [6, 6.07) is 3.29. The molecule has 2 aromatic rings. The van der Waals surface area contributed by atoms with Crippen LogP contribution in [0.15, 0.2) is 60.6 Å². The Bertz CT molecular complexity index is 1090. The number of hydrogen-bond acceptors (Lipinski definition) is 4. The van der Waals surface area contributed by atoms with E-state index >= 15 is 0 Å². The van der Waals surface area contributed by atoms with Crippen LogP contribution in [0.3, 0.4) is 0 Å². The van der Waals surface area contributed by atoms with Crippen LogP contribution >= 0.6 is 0 Å². The van der Waals surface area contributed by atoms with Crippen molar-refractivity contribution in [2.45, 2.75) is 26.2 Å². The van der Waals surface area contributed by atoms with Gasteiger partial charge in [-0.2, -0.15) is 35.8 Å². The van der Waals surface area contributed by atoms with Crippen molar-refractivity contribution in [1.82, 2.24) is 9.99 Å². The molecule has 1 aromatic heterocycles. The second-order valence-corrected chi connectivity index (χ2v) is 7.27. The predicted molar refractivity (Wildman–Crippen MR) is 111 cm³/mol. The predicted octanol–water partition coefficient (Wildman–Crippen LogP) is 5.59. The van der Waals surface area contributed by atoms with Gasteiger partial charge in [-0.25, -0.2) is 9.99 Å². The molecule has 1 heterocycles. The summed E-state index contributed by atoms with van der Waals surface area (Å²) in [5.74, 6) is -2.44. The van der Waals surface area contributed by atoms with Gasteiger partial charge in [-0.3, -0.25) is 4.79 Å². The number of hydrazone groups is 1. The number of aromatic nitrogens is 1. The first-order valence-corrected chi connectivity index (χ1v) is 9.56. The van der Waals surface area contributed by atoms with E-state index in [1.807, 2.05) is 0 Å². The van der Waals surface area contributed by atoms with Gasteiger partial charge in [0, 0.05) is 24.2 Å². The maximum absolute atomic E-state index is 13.3. The highest BCUT2D eigenvalue weighted by Gasteiger charge is 2.37. The summed E-state index contributed by atoms with van der Waals surface area (Å²) in [5.41, 5.74) is 1.66. The van der Waals surface area contributed by atoms with Gasteiger partial charge in [0.25, 0.3) is 5.91 Å². The number of hydrogen-bond donors (Lipinski definition) is 1. The lowest BCUT2D eigenvalue weighted by molar-refractivity contribution is -0.143. The summed E-state index contributed by atoms with van der Waals surface area (Å²) in [6.45, 7) is 6.51. The SMILES string of the molecule is C=CN(/C=C(\C(N)=O)c1ccc(F)nc1)/N=C(/c1cc(C(F)(F)F)cc(C(F)(F)F)c1)C(C)C. The van der Waals surface area contributed by atoms with E-state index in [4.69, 9.17) is 5.73 Å². The van der Waals surface area contributed by atoms with Crippen LogP contribution in [0.1, 0.15) is 36.1 Å². The van der Waals surface area contributed by atoms with Gasteiger partial charge in [0.1, 0.15) is 0 Å². The average molecular weight is 488 g/mol. The highest BCUT2D eigenvalue weighted by molar-refractivity contribution is 6.18. The molecule has 0 saturated heterocycles. The van der Waals surface area contributed by atoms with Crippen LogP contribution < -0.4 is 5.73 Å². The summed E-state index contributed by atoms with van der Waals surface area (Å²) < 4.78 is 92.8. The second kappa shape index (κ2) is 10.1. The number of amides is 1. The van der Waals surface area contributed by atoms with Crippen molar-refractivity contribution >= 4 is 17.2 Å². The molecule has 0 aliphatic heterocycles. The highest BCUT2D eigenvalue weighted by Crippen LogP contribution is 2.37.